The Balaban J connectivity index is 3.62. The second kappa shape index (κ2) is 8.23. The molecule has 1 atom stereocenters. The van der Waals surface area contributed by atoms with E-state index >= 15 is 0 Å². The minimum Gasteiger partial charge on any atom is -0.292 e. The van der Waals surface area contributed by atoms with Crippen molar-refractivity contribution in [1.82, 2.24) is 10.3 Å². The summed E-state index contributed by atoms with van der Waals surface area (Å²) < 4.78 is 0. The molecular weight excluding hydrogens is 162 g/mol. The first-order chi connectivity index (χ1) is 6.24. The van der Waals surface area contributed by atoms with Crippen LogP contribution in [0.1, 0.15) is 26.2 Å². The Kier molecular flexibility index (Phi) is 7.99. The molecule has 0 saturated carbocycles. The first kappa shape index (κ1) is 12.6. The molecule has 3 nitrogen and oxygen atoms in total. The number of hydrazine groups is 1. The number of hydrogen-bond donors (Lipinski definition) is 2. The van der Waals surface area contributed by atoms with Crippen LogP contribution < -0.4 is 11.3 Å². The van der Waals surface area contributed by atoms with Crippen LogP contribution >= 0.6 is 0 Å². The van der Waals surface area contributed by atoms with Crippen LogP contribution in [-0.4, -0.2) is 25.2 Å². The molecule has 0 aliphatic heterocycles. The quantitative estimate of drug-likeness (QED) is 0.259. The van der Waals surface area contributed by atoms with Gasteiger partial charge in [-0.3, -0.25) is 10.7 Å². The molecule has 0 aliphatic carbocycles. The number of nitrogens with zero attached hydrogens (tertiary/aromatic N) is 1. The van der Waals surface area contributed by atoms with Gasteiger partial charge >= 0.3 is 0 Å². The number of rotatable bonds is 8. The van der Waals surface area contributed by atoms with E-state index in [0.717, 1.165) is 13.2 Å². The highest BCUT2D eigenvalue weighted by molar-refractivity contribution is 4.80. The minimum atomic E-state index is 0.596. The van der Waals surface area contributed by atoms with Gasteiger partial charge in [0.25, 0.3) is 0 Å². The highest BCUT2D eigenvalue weighted by Gasteiger charge is 2.06. The van der Waals surface area contributed by atoms with Crippen LogP contribution in [0.5, 0.6) is 0 Å². The first-order valence-corrected chi connectivity index (χ1v) is 4.99. The van der Waals surface area contributed by atoms with Crippen LogP contribution in [0.2, 0.25) is 0 Å². The molecule has 0 rings (SSSR count). The molecule has 0 aromatic rings. The second-order valence-electron chi connectivity index (χ2n) is 3.54. The lowest BCUT2D eigenvalue weighted by molar-refractivity contribution is 0.272. The lowest BCUT2D eigenvalue weighted by Crippen LogP contribution is -2.37. The molecule has 78 valence electrons. The summed E-state index contributed by atoms with van der Waals surface area (Å²) in [5, 5.41) is 0. The Morgan fingerprint density at radius 3 is 2.77 bits per heavy atom. The molecule has 0 radical (unpaired) electrons. The van der Waals surface area contributed by atoms with Crippen molar-refractivity contribution in [1.29, 1.82) is 0 Å². The number of nitrogens with one attached hydrogen (secondary N) is 1. The van der Waals surface area contributed by atoms with E-state index in [2.05, 4.69) is 30.9 Å². The Hall–Kier alpha value is -0.380. The van der Waals surface area contributed by atoms with Crippen molar-refractivity contribution < 1.29 is 0 Å². The monoisotopic (exact) mass is 185 g/mol. The summed E-state index contributed by atoms with van der Waals surface area (Å²) in [6.07, 6.45) is 5.81. The molecule has 0 heterocycles. The van der Waals surface area contributed by atoms with Gasteiger partial charge in [0.2, 0.25) is 0 Å². The fourth-order valence-electron chi connectivity index (χ4n) is 1.37. The molecule has 13 heavy (non-hydrogen) atoms. The summed E-state index contributed by atoms with van der Waals surface area (Å²) in [6.45, 7) is 7.83. The molecule has 0 amide bonds. The van der Waals surface area contributed by atoms with Gasteiger partial charge in [-0.15, -0.1) is 6.58 Å². The third kappa shape index (κ3) is 6.75. The summed E-state index contributed by atoms with van der Waals surface area (Å²) in [7, 11) is 2.06. The van der Waals surface area contributed by atoms with E-state index in [1.807, 2.05) is 6.08 Å². The molecule has 0 aromatic carbocycles. The SMILES string of the molecule is C=CC(CCCC)CN(C)CNN. The fraction of sp³-hybridized carbons (Fsp3) is 0.800. The van der Waals surface area contributed by atoms with Crippen LogP contribution in [-0.2, 0) is 0 Å². The van der Waals surface area contributed by atoms with Crippen LogP contribution in [0.25, 0.3) is 0 Å². The van der Waals surface area contributed by atoms with Crippen molar-refractivity contribution >= 4 is 0 Å². The number of hydrogen-bond acceptors (Lipinski definition) is 3. The topological polar surface area (TPSA) is 41.3 Å². The van der Waals surface area contributed by atoms with Gasteiger partial charge in [0.1, 0.15) is 0 Å². The Morgan fingerprint density at radius 2 is 2.31 bits per heavy atom. The van der Waals surface area contributed by atoms with Crippen molar-refractivity contribution in [2.45, 2.75) is 26.2 Å². The van der Waals surface area contributed by atoms with E-state index in [4.69, 9.17) is 5.84 Å². The summed E-state index contributed by atoms with van der Waals surface area (Å²) in [6, 6.07) is 0. The lowest BCUT2D eigenvalue weighted by atomic mass is 10.0. The average Bonchev–Trinajstić information content (AvgIpc) is 2.12. The van der Waals surface area contributed by atoms with Gasteiger partial charge in [0.05, 0.1) is 6.67 Å². The second-order valence-corrected chi connectivity index (χ2v) is 3.54. The minimum absolute atomic E-state index is 0.596. The van der Waals surface area contributed by atoms with Gasteiger partial charge in [-0.1, -0.05) is 25.8 Å². The zero-order valence-electron chi connectivity index (χ0n) is 8.92. The van der Waals surface area contributed by atoms with Crippen molar-refractivity contribution in [3.63, 3.8) is 0 Å². The van der Waals surface area contributed by atoms with Crippen molar-refractivity contribution in [2.75, 3.05) is 20.3 Å². The van der Waals surface area contributed by atoms with E-state index < -0.39 is 0 Å². The molecule has 0 aromatic heterocycles. The summed E-state index contributed by atoms with van der Waals surface area (Å²) >= 11 is 0. The number of unbranched alkanes of at least 4 members (excludes halogenated alkanes) is 1. The molecule has 0 aliphatic rings. The van der Waals surface area contributed by atoms with Gasteiger partial charge in [-0.2, -0.15) is 0 Å². The lowest BCUT2D eigenvalue weighted by Gasteiger charge is -2.20. The normalized spacial score (nSPS) is 13.2. The van der Waals surface area contributed by atoms with Gasteiger partial charge in [0, 0.05) is 6.54 Å². The summed E-state index contributed by atoms with van der Waals surface area (Å²) in [4.78, 5) is 2.17. The van der Waals surface area contributed by atoms with Crippen LogP contribution in [0.3, 0.4) is 0 Å². The van der Waals surface area contributed by atoms with E-state index in [1.165, 1.54) is 19.3 Å². The highest BCUT2D eigenvalue weighted by Crippen LogP contribution is 2.10. The predicted molar refractivity (Wildman–Crippen MR) is 58.0 cm³/mol. The fourth-order valence-corrected chi connectivity index (χ4v) is 1.37. The summed E-state index contributed by atoms with van der Waals surface area (Å²) in [5.41, 5.74) is 2.64. The standard InChI is InChI=1S/C10H23N3/c1-4-6-7-10(5-2)8-13(3)9-12-11/h5,10,12H,2,4,6-9,11H2,1,3H3. The van der Waals surface area contributed by atoms with Crippen LogP contribution in [0, 0.1) is 5.92 Å². The maximum atomic E-state index is 5.23. The average molecular weight is 185 g/mol. The molecule has 3 heteroatoms. The third-order valence-electron chi connectivity index (χ3n) is 2.17. The highest BCUT2D eigenvalue weighted by atomic mass is 15.3. The molecule has 1 unspecified atom stereocenters. The Morgan fingerprint density at radius 1 is 1.62 bits per heavy atom. The molecule has 0 saturated heterocycles. The largest absolute Gasteiger partial charge is 0.292 e. The van der Waals surface area contributed by atoms with Crippen molar-refractivity contribution in [2.24, 2.45) is 11.8 Å². The predicted octanol–water partition coefficient (Wildman–Crippen LogP) is 1.33. The van der Waals surface area contributed by atoms with Gasteiger partial charge in [-0.05, 0) is 19.4 Å². The third-order valence-corrected chi connectivity index (χ3v) is 2.17. The summed E-state index contributed by atoms with van der Waals surface area (Å²) in [5.74, 6) is 5.82. The van der Waals surface area contributed by atoms with Gasteiger partial charge < -0.3 is 0 Å². The molecule has 0 spiro atoms. The van der Waals surface area contributed by atoms with E-state index in [1.54, 1.807) is 0 Å². The van der Waals surface area contributed by atoms with Gasteiger partial charge in [-0.25, -0.2) is 5.43 Å². The van der Waals surface area contributed by atoms with Crippen molar-refractivity contribution in [3.8, 4) is 0 Å². The van der Waals surface area contributed by atoms with E-state index in [-0.39, 0.29) is 0 Å². The van der Waals surface area contributed by atoms with Crippen LogP contribution in [0.4, 0.5) is 0 Å². The molecule has 0 fully saturated rings. The smallest absolute Gasteiger partial charge is 0.0610 e. The number of nitrogens with two attached hydrogens (primary N) is 1. The van der Waals surface area contributed by atoms with Crippen molar-refractivity contribution in [3.05, 3.63) is 12.7 Å². The Bertz CT molecular complexity index is 125. The molecule has 3 N–H and O–H groups in total. The Labute approximate surface area is 82.0 Å². The molecule has 0 bridgehead atoms. The molecular formula is C10H23N3. The van der Waals surface area contributed by atoms with E-state index in [9.17, 15) is 0 Å². The zero-order chi connectivity index (χ0) is 10.1. The van der Waals surface area contributed by atoms with E-state index in [0.29, 0.717) is 5.92 Å². The maximum absolute atomic E-state index is 5.23. The van der Waals surface area contributed by atoms with Gasteiger partial charge in [0.15, 0.2) is 0 Å². The first-order valence-electron chi connectivity index (χ1n) is 4.99. The van der Waals surface area contributed by atoms with Crippen LogP contribution in [0.15, 0.2) is 12.7 Å². The zero-order valence-corrected chi connectivity index (χ0v) is 8.92. The maximum Gasteiger partial charge on any atom is 0.0610 e.